The Morgan fingerprint density at radius 1 is 0.974 bits per heavy atom. The van der Waals surface area contributed by atoms with Crippen molar-refractivity contribution >= 4 is 28.8 Å². The molecular weight excluding hydrogens is 540 g/mol. The van der Waals surface area contributed by atoms with Gasteiger partial charge in [0, 0.05) is 25.5 Å². The van der Waals surface area contributed by atoms with Crippen LogP contribution in [0.25, 0.3) is 0 Å². The SMILES string of the molecule is CC(C)(C)[Si](OCCC(CCO)OCOc1nccc(=O)[nH]1)(c1ccccc1)c1ccccc1.CS(=O)(=O)O. The number of nitrogens with one attached hydrogen (secondary N) is 1. The van der Waals surface area contributed by atoms with Gasteiger partial charge in [0.2, 0.25) is 0 Å². The molecule has 0 amide bonds. The summed E-state index contributed by atoms with van der Waals surface area (Å²) in [6.45, 7) is 7.09. The van der Waals surface area contributed by atoms with Crippen LogP contribution in [-0.2, 0) is 19.3 Å². The molecule has 3 N–H and O–H groups in total. The zero-order chi connectivity index (χ0) is 28.9. The molecule has 0 saturated carbocycles. The van der Waals surface area contributed by atoms with Gasteiger partial charge in [0.1, 0.15) is 0 Å². The number of aliphatic hydroxyl groups excluding tert-OH is 1. The third-order valence-corrected chi connectivity index (χ3v) is 10.8. The summed E-state index contributed by atoms with van der Waals surface area (Å²) in [4.78, 5) is 17.8. The van der Waals surface area contributed by atoms with E-state index in [1.54, 1.807) is 0 Å². The number of hydrogen-bond acceptors (Lipinski definition) is 8. The molecule has 214 valence electrons. The van der Waals surface area contributed by atoms with Crippen LogP contribution in [0.3, 0.4) is 0 Å². The molecule has 0 saturated heterocycles. The highest BCUT2D eigenvalue weighted by molar-refractivity contribution is 7.85. The van der Waals surface area contributed by atoms with Crippen LogP contribution >= 0.6 is 0 Å². The number of rotatable bonds is 12. The third-order valence-electron chi connectivity index (χ3n) is 5.77. The van der Waals surface area contributed by atoms with Crippen molar-refractivity contribution < 1.29 is 32.0 Å². The third kappa shape index (κ3) is 10.7. The van der Waals surface area contributed by atoms with Crippen molar-refractivity contribution in [2.24, 2.45) is 0 Å². The first-order valence-electron chi connectivity index (χ1n) is 12.4. The van der Waals surface area contributed by atoms with Crippen molar-refractivity contribution in [2.75, 3.05) is 26.3 Å². The van der Waals surface area contributed by atoms with Gasteiger partial charge < -0.3 is 19.0 Å². The Labute approximate surface area is 230 Å². The van der Waals surface area contributed by atoms with E-state index in [4.69, 9.17) is 18.5 Å². The summed E-state index contributed by atoms with van der Waals surface area (Å²) in [7, 11) is -6.30. The monoisotopic (exact) mass is 578 g/mol. The Hall–Kier alpha value is -2.87. The van der Waals surface area contributed by atoms with Crippen molar-refractivity contribution in [3.63, 3.8) is 0 Å². The Morgan fingerprint density at radius 3 is 1.97 bits per heavy atom. The van der Waals surface area contributed by atoms with E-state index in [-0.39, 0.29) is 36.1 Å². The number of nitrogens with zero attached hydrogens (tertiary/aromatic N) is 1. The molecule has 0 bridgehead atoms. The first kappa shape index (κ1) is 32.3. The summed E-state index contributed by atoms with van der Waals surface area (Å²) in [5.41, 5.74) is -0.296. The van der Waals surface area contributed by atoms with E-state index >= 15 is 0 Å². The van der Waals surface area contributed by atoms with Gasteiger partial charge in [-0.25, -0.2) is 4.98 Å². The van der Waals surface area contributed by atoms with Gasteiger partial charge in [-0.2, -0.15) is 8.42 Å². The second-order valence-electron chi connectivity index (χ2n) is 9.84. The van der Waals surface area contributed by atoms with Gasteiger partial charge in [0.15, 0.2) is 6.79 Å². The fourth-order valence-corrected chi connectivity index (χ4v) is 8.75. The van der Waals surface area contributed by atoms with Crippen molar-refractivity contribution in [1.29, 1.82) is 0 Å². The second kappa shape index (κ2) is 15.1. The topological polar surface area (TPSA) is 148 Å². The average molecular weight is 579 g/mol. The Kier molecular flexibility index (Phi) is 12.5. The van der Waals surface area contributed by atoms with Crippen LogP contribution in [0.4, 0.5) is 0 Å². The molecule has 1 heterocycles. The molecule has 0 aliphatic heterocycles. The van der Waals surface area contributed by atoms with Gasteiger partial charge in [-0.1, -0.05) is 81.4 Å². The van der Waals surface area contributed by atoms with Crippen LogP contribution < -0.4 is 20.7 Å². The second-order valence-corrected chi connectivity index (χ2v) is 15.6. The molecule has 1 atom stereocenters. The molecule has 0 spiro atoms. The Bertz CT molecular complexity index is 1230. The highest BCUT2D eigenvalue weighted by Crippen LogP contribution is 2.36. The van der Waals surface area contributed by atoms with Crippen molar-refractivity contribution in [3.8, 4) is 6.01 Å². The summed E-state index contributed by atoms with van der Waals surface area (Å²) in [5.74, 6) is 0. The van der Waals surface area contributed by atoms with Gasteiger partial charge in [-0.05, 0) is 28.3 Å². The number of ether oxygens (including phenoxy) is 2. The maximum absolute atomic E-state index is 11.4. The van der Waals surface area contributed by atoms with Gasteiger partial charge in [-0.15, -0.1) is 0 Å². The molecule has 12 heteroatoms. The molecule has 0 aliphatic carbocycles. The quantitative estimate of drug-likeness (QED) is 0.167. The van der Waals surface area contributed by atoms with Crippen LogP contribution in [-0.4, -0.2) is 68.7 Å². The van der Waals surface area contributed by atoms with Crippen LogP contribution in [0.2, 0.25) is 5.04 Å². The lowest BCUT2D eigenvalue weighted by Crippen LogP contribution is -2.66. The standard InChI is InChI=1S/C26H34N2O5Si.CH4O3S/c1-26(2,3)34(22-10-6-4-7-11-22,23-12-8-5-9-13-23)33-19-16-21(15-18-29)31-20-32-25-27-17-14-24(30)28-25;1-5(2,3)4/h4-14,17,21,29H,15-16,18-20H2,1-3H3,(H,27,28,30);1H3,(H,2,3,4). The summed E-state index contributed by atoms with van der Waals surface area (Å²) in [5, 5.41) is 11.8. The van der Waals surface area contributed by atoms with E-state index in [9.17, 15) is 18.3 Å². The first-order valence-corrected chi connectivity index (χ1v) is 16.2. The number of hydrogen-bond donors (Lipinski definition) is 3. The molecule has 0 fully saturated rings. The van der Waals surface area contributed by atoms with Gasteiger partial charge in [0.25, 0.3) is 30.0 Å². The molecule has 10 nitrogen and oxygen atoms in total. The highest BCUT2D eigenvalue weighted by Gasteiger charge is 2.50. The fraction of sp³-hybridized carbons (Fsp3) is 0.407. The van der Waals surface area contributed by atoms with Crippen molar-refractivity contribution in [1.82, 2.24) is 9.97 Å². The predicted molar refractivity (Wildman–Crippen MR) is 153 cm³/mol. The van der Waals surface area contributed by atoms with Crippen LogP contribution in [0.15, 0.2) is 77.7 Å². The zero-order valence-electron chi connectivity index (χ0n) is 22.7. The maximum atomic E-state index is 11.4. The Balaban J connectivity index is 0.000000976. The van der Waals surface area contributed by atoms with Crippen LogP contribution in [0.5, 0.6) is 6.01 Å². The number of aliphatic hydroxyl groups is 1. The zero-order valence-corrected chi connectivity index (χ0v) is 24.6. The number of aromatic nitrogens is 2. The number of H-pyrrole nitrogens is 1. The molecule has 39 heavy (non-hydrogen) atoms. The lowest BCUT2D eigenvalue weighted by molar-refractivity contribution is -0.0548. The lowest BCUT2D eigenvalue weighted by Gasteiger charge is -2.43. The lowest BCUT2D eigenvalue weighted by atomic mass is 10.2. The maximum Gasteiger partial charge on any atom is 0.298 e. The van der Waals surface area contributed by atoms with Gasteiger partial charge in [-0.3, -0.25) is 14.3 Å². The summed E-state index contributed by atoms with van der Waals surface area (Å²) >= 11 is 0. The van der Waals surface area contributed by atoms with Gasteiger partial charge in [0.05, 0.1) is 12.4 Å². The minimum Gasteiger partial charge on any atom is -0.438 e. The summed E-state index contributed by atoms with van der Waals surface area (Å²) in [6, 6.07) is 22.3. The van der Waals surface area contributed by atoms with E-state index in [2.05, 4.69) is 79.3 Å². The minimum atomic E-state index is -3.67. The number of aromatic amines is 1. The summed E-state index contributed by atoms with van der Waals surface area (Å²) < 4.78 is 44.0. The summed E-state index contributed by atoms with van der Waals surface area (Å²) in [6.07, 6.45) is 2.86. The molecule has 3 rings (SSSR count). The fourth-order valence-electron chi connectivity index (χ4n) is 4.17. The smallest absolute Gasteiger partial charge is 0.298 e. The Morgan fingerprint density at radius 2 is 1.51 bits per heavy atom. The molecule has 1 aromatic heterocycles. The average Bonchev–Trinajstić information content (AvgIpc) is 2.86. The molecule has 2 aromatic carbocycles. The van der Waals surface area contributed by atoms with E-state index in [0.29, 0.717) is 25.7 Å². The molecule has 0 radical (unpaired) electrons. The van der Waals surface area contributed by atoms with Crippen molar-refractivity contribution in [2.45, 2.75) is 44.8 Å². The molecular formula is C27H38N2O8SSi. The van der Waals surface area contributed by atoms with Gasteiger partial charge >= 0.3 is 0 Å². The largest absolute Gasteiger partial charge is 0.438 e. The molecule has 0 aliphatic rings. The van der Waals surface area contributed by atoms with E-state index < -0.39 is 18.4 Å². The first-order chi connectivity index (χ1) is 18.4. The molecule has 3 aromatic rings. The van der Waals surface area contributed by atoms with Crippen LogP contribution in [0.1, 0.15) is 33.6 Å². The highest BCUT2D eigenvalue weighted by atomic mass is 32.2. The van der Waals surface area contributed by atoms with Crippen molar-refractivity contribution in [3.05, 3.63) is 83.3 Å². The van der Waals surface area contributed by atoms with E-state index in [1.807, 2.05) is 12.1 Å². The number of benzene rings is 2. The molecule has 1 unspecified atom stereocenters. The van der Waals surface area contributed by atoms with E-state index in [1.165, 1.54) is 22.6 Å². The van der Waals surface area contributed by atoms with E-state index in [0.717, 1.165) is 0 Å². The predicted octanol–water partition coefficient (Wildman–Crippen LogP) is 2.34. The van der Waals surface area contributed by atoms with Crippen LogP contribution in [0, 0.1) is 0 Å². The normalized spacial score (nSPS) is 12.8. The minimum absolute atomic E-state index is 0.00962.